The molecule has 0 bridgehead atoms. The Labute approximate surface area is 191 Å². The molecule has 0 heterocycles. The molecule has 0 spiro atoms. The molecule has 0 aromatic heterocycles. The molecule has 8 heteroatoms. The van der Waals surface area contributed by atoms with Crippen molar-refractivity contribution in [3.05, 3.63) is 82.6 Å². The van der Waals surface area contributed by atoms with Crippen LogP contribution in [0.1, 0.15) is 11.1 Å². The van der Waals surface area contributed by atoms with Gasteiger partial charge in [-0.3, -0.25) is 0 Å². The van der Waals surface area contributed by atoms with Gasteiger partial charge in [0.1, 0.15) is 36.4 Å². The fourth-order valence-electron chi connectivity index (χ4n) is 2.95. The molecular weight excluding hydrogens is 433 g/mol. The van der Waals surface area contributed by atoms with Crippen molar-refractivity contribution < 1.29 is 18.6 Å². The summed E-state index contributed by atoms with van der Waals surface area (Å²) in [6.07, 6.45) is 0. The normalized spacial score (nSPS) is 11.3. The number of rotatable bonds is 10. The number of amidine groups is 1. The van der Waals surface area contributed by atoms with Crippen molar-refractivity contribution in [2.24, 2.45) is 10.7 Å². The third kappa shape index (κ3) is 6.35. The quantitative estimate of drug-likeness (QED) is 0.250. The third-order valence-electron chi connectivity index (χ3n) is 4.54. The lowest BCUT2D eigenvalue weighted by Gasteiger charge is -2.13. The van der Waals surface area contributed by atoms with Gasteiger partial charge in [0.15, 0.2) is 0 Å². The summed E-state index contributed by atoms with van der Waals surface area (Å²) in [5.74, 6) is 1.12. The molecule has 168 valence electrons. The van der Waals surface area contributed by atoms with E-state index in [9.17, 15) is 4.39 Å². The van der Waals surface area contributed by atoms with E-state index >= 15 is 0 Å². The number of nitrogens with two attached hydrogens (primary N) is 1. The monoisotopic (exact) mass is 457 g/mol. The summed E-state index contributed by atoms with van der Waals surface area (Å²) in [5, 5.41) is 3.48. The highest BCUT2D eigenvalue weighted by molar-refractivity contribution is 6.32. The van der Waals surface area contributed by atoms with E-state index in [4.69, 9.17) is 31.5 Å². The summed E-state index contributed by atoms with van der Waals surface area (Å²) in [6, 6.07) is 16.9. The van der Waals surface area contributed by atoms with Gasteiger partial charge in [-0.25, -0.2) is 9.38 Å². The lowest BCUT2D eigenvalue weighted by molar-refractivity contribution is 0.146. The SMILES string of the molecule is CNc1ccc(OCCOC)cc1C(N)=Nc1ccc(OCc2cccc(F)c2)c(Cl)c1. The van der Waals surface area contributed by atoms with Gasteiger partial charge >= 0.3 is 0 Å². The zero-order valence-corrected chi connectivity index (χ0v) is 18.7. The Morgan fingerprint density at radius 1 is 1.06 bits per heavy atom. The van der Waals surface area contributed by atoms with Crippen molar-refractivity contribution in [1.29, 1.82) is 0 Å². The maximum Gasteiger partial charge on any atom is 0.138 e. The van der Waals surface area contributed by atoms with E-state index in [0.29, 0.717) is 52.4 Å². The lowest BCUT2D eigenvalue weighted by Crippen LogP contribution is -2.15. The summed E-state index contributed by atoms with van der Waals surface area (Å²) in [6.45, 7) is 1.11. The molecule has 6 nitrogen and oxygen atoms in total. The zero-order valence-electron chi connectivity index (χ0n) is 17.9. The van der Waals surface area contributed by atoms with E-state index < -0.39 is 0 Å². The van der Waals surface area contributed by atoms with Crippen LogP contribution in [0.3, 0.4) is 0 Å². The minimum absolute atomic E-state index is 0.198. The predicted octanol–water partition coefficient (Wildman–Crippen LogP) is 5.16. The molecule has 0 aliphatic carbocycles. The van der Waals surface area contributed by atoms with Crippen LogP contribution < -0.4 is 20.5 Å². The molecule has 0 atom stereocenters. The summed E-state index contributed by atoms with van der Waals surface area (Å²) in [5.41, 5.74) is 9.07. The molecule has 0 unspecified atom stereocenters. The second kappa shape index (κ2) is 11.4. The van der Waals surface area contributed by atoms with Gasteiger partial charge in [-0.1, -0.05) is 23.7 Å². The number of nitrogens with one attached hydrogen (secondary N) is 1. The van der Waals surface area contributed by atoms with Gasteiger partial charge in [-0.05, 0) is 54.1 Å². The van der Waals surface area contributed by atoms with E-state index in [0.717, 1.165) is 5.69 Å². The second-order valence-electron chi connectivity index (χ2n) is 6.83. The molecule has 0 saturated heterocycles. The minimum Gasteiger partial charge on any atom is -0.491 e. The van der Waals surface area contributed by atoms with Crippen LogP contribution in [0.15, 0.2) is 65.7 Å². The Morgan fingerprint density at radius 2 is 1.91 bits per heavy atom. The van der Waals surface area contributed by atoms with E-state index in [-0.39, 0.29) is 12.4 Å². The van der Waals surface area contributed by atoms with Gasteiger partial charge in [0, 0.05) is 25.4 Å². The molecule has 0 aliphatic rings. The van der Waals surface area contributed by atoms with Crippen LogP contribution in [0.2, 0.25) is 5.02 Å². The number of halogens is 2. The van der Waals surface area contributed by atoms with Crippen LogP contribution in [-0.4, -0.2) is 33.2 Å². The summed E-state index contributed by atoms with van der Waals surface area (Å²) in [4.78, 5) is 4.49. The third-order valence-corrected chi connectivity index (χ3v) is 4.84. The maximum atomic E-state index is 13.3. The van der Waals surface area contributed by atoms with Crippen molar-refractivity contribution in [2.45, 2.75) is 6.61 Å². The number of nitrogens with zero attached hydrogens (tertiary/aromatic N) is 1. The average molecular weight is 458 g/mol. The molecule has 3 N–H and O–H groups in total. The van der Waals surface area contributed by atoms with Crippen molar-refractivity contribution >= 4 is 28.8 Å². The van der Waals surface area contributed by atoms with Crippen molar-refractivity contribution in [3.63, 3.8) is 0 Å². The number of benzene rings is 3. The van der Waals surface area contributed by atoms with Crippen LogP contribution in [0.25, 0.3) is 0 Å². The van der Waals surface area contributed by atoms with Gasteiger partial charge in [-0.15, -0.1) is 0 Å². The Hall–Kier alpha value is -3.29. The van der Waals surface area contributed by atoms with E-state index in [1.807, 2.05) is 18.2 Å². The van der Waals surface area contributed by atoms with Crippen LogP contribution >= 0.6 is 11.6 Å². The fourth-order valence-corrected chi connectivity index (χ4v) is 3.18. The molecule has 0 radical (unpaired) electrons. The van der Waals surface area contributed by atoms with Crippen LogP contribution in [0.5, 0.6) is 11.5 Å². The highest BCUT2D eigenvalue weighted by Gasteiger charge is 2.10. The van der Waals surface area contributed by atoms with Crippen LogP contribution in [0, 0.1) is 5.82 Å². The van der Waals surface area contributed by atoms with E-state index in [2.05, 4.69) is 10.3 Å². The fraction of sp³-hybridized carbons (Fsp3) is 0.208. The average Bonchev–Trinajstić information content (AvgIpc) is 2.78. The summed E-state index contributed by atoms with van der Waals surface area (Å²) >= 11 is 6.36. The first-order chi connectivity index (χ1) is 15.5. The Bertz CT molecular complexity index is 1090. The molecule has 0 aliphatic heterocycles. The van der Waals surface area contributed by atoms with Crippen LogP contribution in [0.4, 0.5) is 15.8 Å². The zero-order chi connectivity index (χ0) is 22.9. The first-order valence-electron chi connectivity index (χ1n) is 9.95. The van der Waals surface area contributed by atoms with Crippen molar-refractivity contribution in [1.82, 2.24) is 0 Å². The van der Waals surface area contributed by atoms with E-state index in [1.165, 1.54) is 12.1 Å². The van der Waals surface area contributed by atoms with Crippen molar-refractivity contribution in [2.75, 3.05) is 32.7 Å². The standard InChI is InChI=1S/C24H25ClFN3O3/c1-28-22-8-7-19(31-11-10-30-2)14-20(22)24(27)29-18-6-9-23(21(25)13-18)32-15-16-4-3-5-17(26)12-16/h3-9,12-14,28H,10-11,15H2,1-2H3,(H2,27,29). The van der Waals surface area contributed by atoms with Gasteiger partial charge in [-0.2, -0.15) is 0 Å². The smallest absolute Gasteiger partial charge is 0.138 e. The van der Waals surface area contributed by atoms with Gasteiger partial charge < -0.3 is 25.3 Å². The Kier molecular flexibility index (Phi) is 8.30. The Balaban J connectivity index is 1.76. The van der Waals surface area contributed by atoms with Crippen LogP contribution in [-0.2, 0) is 11.3 Å². The minimum atomic E-state index is -0.313. The summed E-state index contributed by atoms with van der Waals surface area (Å²) < 4.78 is 29.7. The summed E-state index contributed by atoms with van der Waals surface area (Å²) in [7, 11) is 3.42. The number of hydrogen-bond donors (Lipinski definition) is 2. The molecule has 0 fully saturated rings. The topological polar surface area (TPSA) is 78.1 Å². The number of ether oxygens (including phenoxy) is 3. The number of aliphatic imine (C=N–C) groups is 1. The first-order valence-corrected chi connectivity index (χ1v) is 10.3. The number of anilines is 1. The molecule has 0 amide bonds. The first kappa shape index (κ1) is 23.4. The van der Waals surface area contributed by atoms with Gasteiger partial charge in [0.25, 0.3) is 0 Å². The number of hydrogen-bond acceptors (Lipinski definition) is 5. The van der Waals surface area contributed by atoms with Gasteiger partial charge in [0.05, 0.1) is 17.3 Å². The lowest BCUT2D eigenvalue weighted by atomic mass is 10.1. The maximum absolute atomic E-state index is 13.3. The molecule has 3 rings (SSSR count). The highest BCUT2D eigenvalue weighted by atomic mass is 35.5. The molecule has 3 aromatic rings. The molecule has 3 aromatic carbocycles. The second-order valence-corrected chi connectivity index (χ2v) is 7.24. The highest BCUT2D eigenvalue weighted by Crippen LogP contribution is 2.30. The Morgan fingerprint density at radius 3 is 2.62 bits per heavy atom. The largest absolute Gasteiger partial charge is 0.491 e. The molecular formula is C24H25ClFN3O3. The molecule has 32 heavy (non-hydrogen) atoms. The predicted molar refractivity (Wildman–Crippen MR) is 126 cm³/mol. The van der Waals surface area contributed by atoms with Gasteiger partial charge in [0.2, 0.25) is 0 Å². The van der Waals surface area contributed by atoms with Crippen molar-refractivity contribution in [3.8, 4) is 11.5 Å². The molecule has 0 saturated carbocycles. The number of methoxy groups -OCH3 is 1. The van der Waals surface area contributed by atoms with E-state index in [1.54, 1.807) is 44.5 Å².